The number of likely N-dealkylation sites (N-methyl/N-ethyl adjacent to an activating group) is 1. The average molecular weight is 361 g/mol. The average Bonchev–Trinajstić information content (AvgIpc) is 3.07. The van der Waals surface area contributed by atoms with Crippen molar-refractivity contribution in [3.63, 3.8) is 0 Å². The van der Waals surface area contributed by atoms with E-state index in [1.54, 1.807) is 30.1 Å². The molecule has 0 fully saturated rings. The van der Waals surface area contributed by atoms with Gasteiger partial charge in [-0.2, -0.15) is 0 Å². The van der Waals surface area contributed by atoms with Gasteiger partial charge >= 0.3 is 5.97 Å². The topological polar surface area (TPSA) is 57.6 Å². The first kappa shape index (κ1) is 17.0. The summed E-state index contributed by atoms with van der Waals surface area (Å²) in [5, 5.41) is 11.3. The van der Waals surface area contributed by atoms with Gasteiger partial charge in [0, 0.05) is 18.3 Å². The third kappa shape index (κ3) is 3.49. The van der Waals surface area contributed by atoms with Crippen molar-refractivity contribution < 1.29 is 14.7 Å². The second-order valence-corrected chi connectivity index (χ2v) is 8.01. The van der Waals surface area contributed by atoms with Gasteiger partial charge in [-0.05, 0) is 34.7 Å². The zero-order valence-corrected chi connectivity index (χ0v) is 15.0. The Balaban J connectivity index is 1.79. The second kappa shape index (κ2) is 7.40. The van der Waals surface area contributed by atoms with E-state index in [-0.39, 0.29) is 11.2 Å². The number of hydrogen-bond acceptors (Lipinski definition) is 4. The number of thioether (sulfide) groups is 1. The summed E-state index contributed by atoms with van der Waals surface area (Å²) in [5.41, 5.74) is 1.97. The van der Waals surface area contributed by atoms with E-state index in [0.29, 0.717) is 6.42 Å². The molecule has 0 saturated heterocycles. The van der Waals surface area contributed by atoms with Crippen molar-refractivity contribution in [3.05, 3.63) is 57.8 Å². The first-order valence-electron chi connectivity index (χ1n) is 7.79. The van der Waals surface area contributed by atoms with Crippen LogP contribution in [0, 0.1) is 0 Å². The molecule has 126 valence electrons. The maximum Gasteiger partial charge on any atom is 0.326 e. The summed E-state index contributed by atoms with van der Waals surface area (Å²) < 4.78 is 0. The highest BCUT2D eigenvalue weighted by molar-refractivity contribution is 8.00. The number of carboxylic acids is 1. The molecule has 1 N–H and O–H groups in total. The maximum atomic E-state index is 12.9. The molecule has 2 unspecified atom stereocenters. The number of amides is 1. The van der Waals surface area contributed by atoms with Crippen molar-refractivity contribution in [3.8, 4) is 0 Å². The highest BCUT2D eigenvalue weighted by Crippen LogP contribution is 2.40. The Morgan fingerprint density at radius 1 is 1.29 bits per heavy atom. The fraction of sp³-hybridized carbons (Fsp3) is 0.333. The van der Waals surface area contributed by atoms with Crippen LogP contribution in [-0.2, 0) is 22.4 Å². The summed E-state index contributed by atoms with van der Waals surface area (Å²) in [4.78, 5) is 27.3. The summed E-state index contributed by atoms with van der Waals surface area (Å²) in [7, 11) is 1.60. The molecule has 2 heterocycles. The lowest BCUT2D eigenvalue weighted by Gasteiger charge is -2.30. The quantitative estimate of drug-likeness (QED) is 0.888. The van der Waals surface area contributed by atoms with Gasteiger partial charge in [0.05, 0.1) is 0 Å². The fourth-order valence-corrected chi connectivity index (χ4v) is 5.31. The van der Waals surface area contributed by atoms with Crippen LogP contribution in [0.5, 0.6) is 0 Å². The highest BCUT2D eigenvalue weighted by Gasteiger charge is 2.35. The van der Waals surface area contributed by atoms with Crippen LogP contribution in [0.2, 0.25) is 0 Å². The molecular weight excluding hydrogens is 342 g/mol. The molecule has 1 aliphatic heterocycles. The monoisotopic (exact) mass is 361 g/mol. The molecule has 1 aliphatic rings. The number of fused-ring (bicyclic) bond motifs is 1. The first-order chi connectivity index (χ1) is 11.6. The Morgan fingerprint density at radius 3 is 2.75 bits per heavy atom. The Hall–Kier alpha value is -1.79. The minimum Gasteiger partial charge on any atom is -0.480 e. The van der Waals surface area contributed by atoms with Crippen molar-refractivity contribution in [1.29, 1.82) is 0 Å². The summed E-state index contributed by atoms with van der Waals surface area (Å²) >= 11 is 3.28. The lowest BCUT2D eigenvalue weighted by atomic mass is 10.0. The minimum atomic E-state index is -0.971. The van der Waals surface area contributed by atoms with Crippen molar-refractivity contribution in [2.75, 3.05) is 12.8 Å². The Labute approximate surface area is 149 Å². The molecule has 0 radical (unpaired) electrons. The van der Waals surface area contributed by atoms with Gasteiger partial charge < -0.3 is 10.0 Å². The van der Waals surface area contributed by atoms with Gasteiger partial charge in [-0.25, -0.2) is 4.79 Å². The van der Waals surface area contributed by atoms with Crippen LogP contribution in [0.15, 0.2) is 41.8 Å². The van der Waals surface area contributed by atoms with Gasteiger partial charge in [-0.1, -0.05) is 30.3 Å². The van der Waals surface area contributed by atoms with E-state index in [9.17, 15) is 14.7 Å². The van der Waals surface area contributed by atoms with E-state index in [2.05, 4.69) is 0 Å². The van der Waals surface area contributed by atoms with Crippen LogP contribution in [0.4, 0.5) is 0 Å². The molecule has 0 aliphatic carbocycles. The first-order valence-corrected chi connectivity index (χ1v) is 9.72. The van der Waals surface area contributed by atoms with Crippen LogP contribution in [-0.4, -0.2) is 40.7 Å². The molecule has 0 saturated carbocycles. The number of thiophene rings is 1. The number of carbonyl (C=O) groups excluding carboxylic acids is 1. The standard InChI is InChI=1S/C18H19NO3S2/c1-19(14(18(21)22)11-12-5-3-2-4-6-12)17(20)16-13-7-9-23-15(13)8-10-24-16/h2-7,9,14,16H,8,10-11H2,1H3,(H,21,22). The lowest BCUT2D eigenvalue weighted by Crippen LogP contribution is -2.45. The van der Waals surface area contributed by atoms with Gasteiger partial charge in [0.2, 0.25) is 5.91 Å². The third-order valence-electron chi connectivity index (χ3n) is 4.27. The number of carboxylic acid groups (broad SMARTS) is 1. The molecule has 0 spiro atoms. The normalized spacial score (nSPS) is 17.8. The van der Waals surface area contributed by atoms with Crippen molar-refractivity contribution in [1.82, 2.24) is 4.90 Å². The van der Waals surface area contributed by atoms with Gasteiger partial charge in [0.15, 0.2) is 0 Å². The molecule has 1 aromatic carbocycles. The molecule has 3 rings (SSSR count). The molecule has 4 nitrogen and oxygen atoms in total. The van der Waals surface area contributed by atoms with Crippen LogP contribution >= 0.6 is 23.1 Å². The van der Waals surface area contributed by atoms with Gasteiger partial charge in [0.25, 0.3) is 0 Å². The number of benzene rings is 1. The predicted octanol–water partition coefficient (Wildman–Crippen LogP) is 3.23. The zero-order chi connectivity index (χ0) is 17.1. The van der Waals surface area contributed by atoms with Crippen LogP contribution in [0.25, 0.3) is 0 Å². The fourth-order valence-electron chi connectivity index (χ4n) is 2.92. The van der Waals surface area contributed by atoms with E-state index < -0.39 is 12.0 Å². The minimum absolute atomic E-state index is 0.123. The maximum absolute atomic E-state index is 12.9. The largest absolute Gasteiger partial charge is 0.480 e. The van der Waals surface area contributed by atoms with Crippen LogP contribution < -0.4 is 0 Å². The molecule has 1 amide bonds. The number of nitrogens with zero attached hydrogens (tertiary/aromatic N) is 1. The Kier molecular flexibility index (Phi) is 5.26. The Bertz CT molecular complexity index is 729. The van der Waals surface area contributed by atoms with Gasteiger partial charge in [-0.15, -0.1) is 23.1 Å². The summed E-state index contributed by atoms with van der Waals surface area (Å²) in [5.74, 6) is -0.197. The summed E-state index contributed by atoms with van der Waals surface area (Å²) in [6.07, 6.45) is 1.30. The molecule has 1 aromatic heterocycles. The molecule has 2 aromatic rings. The van der Waals surface area contributed by atoms with E-state index in [4.69, 9.17) is 0 Å². The molecular formula is C18H19NO3S2. The smallest absolute Gasteiger partial charge is 0.326 e. The zero-order valence-electron chi connectivity index (χ0n) is 13.3. The summed E-state index contributed by atoms with van der Waals surface area (Å²) in [6, 6.07) is 10.6. The van der Waals surface area contributed by atoms with Crippen LogP contribution in [0.1, 0.15) is 21.3 Å². The number of aliphatic carboxylic acids is 1. The summed E-state index contributed by atoms with van der Waals surface area (Å²) in [6.45, 7) is 0. The van der Waals surface area contributed by atoms with E-state index in [1.807, 2.05) is 41.8 Å². The van der Waals surface area contributed by atoms with Crippen LogP contribution in [0.3, 0.4) is 0 Å². The predicted molar refractivity (Wildman–Crippen MR) is 97.6 cm³/mol. The lowest BCUT2D eigenvalue weighted by molar-refractivity contribution is -0.148. The molecule has 24 heavy (non-hydrogen) atoms. The van der Waals surface area contributed by atoms with E-state index in [0.717, 1.165) is 23.3 Å². The molecule has 6 heteroatoms. The molecule has 2 atom stereocenters. The van der Waals surface area contributed by atoms with E-state index >= 15 is 0 Å². The van der Waals surface area contributed by atoms with Gasteiger partial charge in [0.1, 0.15) is 11.3 Å². The second-order valence-electron chi connectivity index (χ2n) is 5.79. The molecule has 0 bridgehead atoms. The third-order valence-corrected chi connectivity index (χ3v) is 6.50. The van der Waals surface area contributed by atoms with Crippen molar-refractivity contribution in [2.24, 2.45) is 0 Å². The SMILES string of the molecule is CN(C(=O)C1SCCc2sccc21)C(Cc1ccccc1)C(=O)O. The number of aryl methyl sites for hydroxylation is 1. The van der Waals surface area contributed by atoms with Crippen molar-refractivity contribution in [2.45, 2.75) is 24.1 Å². The van der Waals surface area contributed by atoms with E-state index in [1.165, 1.54) is 9.78 Å². The number of rotatable bonds is 5. The van der Waals surface area contributed by atoms with Gasteiger partial charge in [-0.3, -0.25) is 4.79 Å². The highest BCUT2D eigenvalue weighted by atomic mass is 32.2. The number of hydrogen-bond donors (Lipinski definition) is 1. The Morgan fingerprint density at radius 2 is 2.04 bits per heavy atom. The van der Waals surface area contributed by atoms with Crippen molar-refractivity contribution >= 4 is 35.0 Å². The number of carbonyl (C=O) groups is 2.